The standard InChI is InChI=1S/C12H10BrNO2S/c13-11-5-6-12(14-7-11)10-3-1-9(2-4-10)8-17(15)16/h1-7,17H,8H2. The number of thiol groups is 1. The van der Waals surface area contributed by atoms with E-state index >= 15 is 0 Å². The van der Waals surface area contributed by atoms with E-state index in [1.54, 1.807) is 6.20 Å². The molecule has 1 aromatic carbocycles. The monoisotopic (exact) mass is 311 g/mol. The number of pyridine rings is 1. The van der Waals surface area contributed by atoms with Crippen LogP contribution in [-0.4, -0.2) is 13.4 Å². The van der Waals surface area contributed by atoms with Crippen LogP contribution in [0, 0.1) is 0 Å². The Bertz CT molecular complexity index is 568. The van der Waals surface area contributed by atoms with Crippen molar-refractivity contribution in [3.63, 3.8) is 0 Å². The van der Waals surface area contributed by atoms with E-state index in [0.717, 1.165) is 21.3 Å². The molecule has 0 atom stereocenters. The van der Waals surface area contributed by atoms with Gasteiger partial charge in [0.2, 0.25) is 0 Å². The van der Waals surface area contributed by atoms with Gasteiger partial charge in [0, 0.05) is 16.2 Å². The van der Waals surface area contributed by atoms with Crippen LogP contribution in [0.25, 0.3) is 11.3 Å². The molecule has 2 aromatic rings. The molecule has 0 radical (unpaired) electrons. The Kier molecular flexibility index (Phi) is 3.91. The minimum absolute atomic E-state index is 0.0867. The molecule has 3 nitrogen and oxygen atoms in total. The second kappa shape index (κ2) is 5.42. The van der Waals surface area contributed by atoms with Gasteiger partial charge in [-0.25, -0.2) is 8.42 Å². The highest BCUT2D eigenvalue weighted by Gasteiger charge is 2.00. The van der Waals surface area contributed by atoms with E-state index in [-0.39, 0.29) is 5.75 Å². The van der Waals surface area contributed by atoms with Gasteiger partial charge in [-0.15, -0.1) is 0 Å². The molecule has 0 unspecified atom stereocenters. The summed E-state index contributed by atoms with van der Waals surface area (Å²) in [6.07, 6.45) is 1.73. The predicted octanol–water partition coefficient (Wildman–Crippen LogP) is 2.62. The van der Waals surface area contributed by atoms with Gasteiger partial charge < -0.3 is 0 Å². The van der Waals surface area contributed by atoms with Crippen LogP contribution in [0.2, 0.25) is 0 Å². The van der Waals surface area contributed by atoms with E-state index in [2.05, 4.69) is 20.9 Å². The summed E-state index contributed by atoms with van der Waals surface area (Å²) in [6, 6.07) is 11.2. The summed E-state index contributed by atoms with van der Waals surface area (Å²) in [5.74, 6) is 0.0867. The van der Waals surface area contributed by atoms with Crippen LogP contribution >= 0.6 is 15.9 Å². The van der Waals surface area contributed by atoms with E-state index in [9.17, 15) is 8.42 Å². The van der Waals surface area contributed by atoms with Crippen LogP contribution in [0.4, 0.5) is 0 Å². The zero-order chi connectivity index (χ0) is 12.3. The quantitative estimate of drug-likeness (QED) is 0.886. The SMILES string of the molecule is O=[SH](=O)Cc1ccc(-c2ccc(Br)cn2)cc1. The third kappa shape index (κ3) is 3.38. The minimum Gasteiger partial charge on any atom is -0.255 e. The fraction of sp³-hybridized carbons (Fsp3) is 0.0833. The lowest BCUT2D eigenvalue weighted by atomic mass is 10.1. The van der Waals surface area contributed by atoms with Gasteiger partial charge in [-0.05, 0) is 33.6 Å². The van der Waals surface area contributed by atoms with Gasteiger partial charge in [-0.3, -0.25) is 4.98 Å². The highest BCUT2D eigenvalue weighted by atomic mass is 79.9. The second-order valence-electron chi connectivity index (χ2n) is 3.55. The Hall–Kier alpha value is -1.20. The Morgan fingerprint density at radius 3 is 2.29 bits per heavy atom. The lowest BCUT2D eigenvalue weighted by molar-refractivity contribution is 0.614. The van der Waals surface area contributed by atoms with Crippen molar-refractivity contribution in [3.05, 3.63) is 52.6 Å². The van der Waals surface area contributed by atoms with Crippen LogP contribution in [-0.2, 0) is 16.5 Å². The molecule has 0 amide bonds. The van der Waals surface area contributed by atoms with Crippen molar-refractivity contribution < 1.29 is 8.42 Å². The lowest BCUT2D eigenvalue weighted by Crippen LogP contribution is -1.87. The van der Waals surface area contributed by atoms with Crippen LogP contribution in [0.15, 0.2) is 47.1 Å². The summed E-state index contributed by atoms with van der Waals surface area (Å²) < 4.78 is 22.1. The number of benzene rings is 1. The summed E-state index contributed by atoms with van der Waals surface area (Å²) in [7, 11) is -2.37. The molecule has 17 heavy (non-hydrogen) atoms. The molecule has 0 saturated carbocycles. The summed E-state index contributed by atoms with van der Waals surface area (Å²) in [6.45, 7) is 0. The molecule has 2 rings (SSSR count). The fourth-order valence-electron chi connectivity index (χ4n) is 1.48. The Balaban J connectivity index is 2.26. The molecule has 0 aliphatic heterocycles. The number of hydrogen-bond donors (Lipinski definition) is 1. The maximum absolute atomic E-state index is 10.6. The fourth-order valence-corrected chi connectivity index (χ4v) is 2.22. The zero-order valence-corrected chi connectivity index (χ0v) is 11.3. The smallest absolute Gasteiger partial charge is 0.144 e. The number of hydrogen-bond acceptors (Lipinski definition) is 3. The largest absolute Gasteiger partial charge is 0.255 e. The van der Waals surface area contributed by atoms with E-state index in [1.807, 2.05) is 36.4 Å². The molecule has 0 aliphatic rings. The highest BCUT2D eigenvalue weighted by molar-refractivity contribution is 9.10. The first-order valence-corrected chi connectivity index (χ1v) is 7.13. The minimum atomic E-state index is -2.37. The predicted molar refractivity (Wildman–Crippen MR) is 71.4 cm³/mol. The van der Waals surface area contributed by atoms with Crippen molar-refractivity contribution in [2.24, 2.45) is 0 Å². The molecule has 0 aliphatic carbocycles. The van der Waals surface area contributed by atoms with Gasteiger partial charge in [-0.2, -0.15) is 0 Å². The summed E-state index contributed by atoms with van der Waals surface area (Å²) >= 11 is 3.33. The van der Waals surface area contributed by atoms with Gasteiger partial charge in [0.1, 0.15) is 10.7 Å². The summed E-state index contributed by atoms with van der Waals surface area (Å²) in [5.41, 5.74) is 2.63. The van der Waals surface area contributed by atoms with Crippen molar-refractivity contribution in [3.8, 4) is 11.3 Å². The molecular formula is C12H10BrNO2S. The van der Waals surface area contributed by atoms with Crippen molar-refractivity contribution in [1.29, 1.82) is 0 Å². The molecule has 1 aromatic heterocycles. The molecular weight excluding hydrogens is 302 g/mol. The first-order chi connectivity index (χ1) is 8.15. The Morgan fingerprint density at radius 2 is 1.76 bits per heavy atom. The molecule has 0 bridgehead atoms. The lowest BCUT2D eigenvalue weighted by Gasteiger charge is -2.02. The van der Waals surface area contributed by atoms with Crippen LogP contribution in [0.5, 0.6) is 0 Å². The van der Waals surface area contributed by atoms with Crippen LogP contribution in [0.1, 0.15) is 5.56 Å². The number of nitrogens with zero attached hydrogens (tertiary/aromatic N) is 1. The van der Waals surface area contributed by atoms with Gasteiger partial charge in [0.05, 0.1) is 11.4 Å². The maximum atomic E-state index is 10.6. The summed E-state index contributed by atoms with van der Waals surface area (Å²) in [5, 5.41) is 0. The Labute approximate surface area is 110 Å². The average molecular weight is 312 g/mol. The molecule has 0 spiro atoms. The molecule has 88 valence electrons. The number of rotatable bonds is 3. The average Bonchev–Trinajstić information content (AvgIpc) is 2.30. The molecule has 0 N–H and O–H groups in total. The number of halogens is 1. The van der Waals surface area contributed by atoms with Gasteiger partial charge in [0.25, 0.3) is 0 Å². The molecule has 1 heterocycles. The van der Waals surface area contributed by atoms with Crippen LogP contribution < -0.4 is 0 Å². The van der Waals surface area contributed by atoms with E-state index in [0.29, 0.717) is 0 Å². The molecule has 0 fully saturated rings. The highest BCUT2D eigenvalue weighted by Crippen LogP contribution is 2.19. The van der Waals surface area contributed by atoms with Crippen molar-refractivity contribution in [2.75, 3.05) is 0 Å². The topological polar surface area (TPSA) is 47.0 Å². The second-order valence-corrected chi connectivity index (χ2v) is 5.45. The number of aromatic nitrogens is 1. The third-order valence-electron chi connectivity index (χ3n) is 2.29. The van der Waals surface area contributed by atoms with E-state index in [1.165, 1.54) is 0 Å². The van der Waals surface area contributed by atoms with Gasteiger partial charge >= 0.3 is 0 Å². The first-order valence-electron chi connectivity index (χ1n) is 4.98. The van der Waals surface area contributed by atoms with Crippen molar-refractivity contribution in [2.45, 2.75) is 5.75 Å². The zero-order valence-electron chi connectivity index (χ0n) is 8.84. The molecule has 5 heteroatoms. The van der Waals surface area contributed by atoms with Crippen molar-refractivity contribution >= 4 is 26.6 Å². The Morgan fingerprint density at radius 1 is 1.06 bits per heavy atom. The van der Waals surface area contributed by atoms with Gasteiger partial charge in [-0.1, -0.05) is 24.3 Å². The van der Waals surface area contributed by atoms with E-state index in [4.69, 9.17) is 0 Å². The normalized spacial score (nSPS) is 10.7. The maximum Gasteiger partial charge on any atom is 0.144 e. The molecule has 0 saturated heterocycles. The van der Waals surface area contributed by atoms with Gasteiger partial charge in [0.15, 0.2) is 0 Å². The van der Waals surface area contributed by atoms with Crippen LogP contribution in [0.3, 0.4) is 0 Å². The third-order valence-corrected chi connectivity index (χ3v) is 3.38. The van der Waals surface area contributed by atoms with Crippen molar-refractivity contribution in [1.82, 2.24) is 4.98 Å². The summed E-state index contributed by atoms with van der Waals surface area (Å²) in [4.78, 5) is 4.27. The van der Waals surface area contributed by atoms with E-state index < -0.39 is 10.7 Å². The first kappa shape index (κ1) is 12.3.